The van der Waals surface area contributed by atoms with Crippen molar-refractivity contribution in [3.05, 3.63) is 0 Å². The summed E-state index contributed by atoms with van der Waals surface area (Å²) in [5.74, 6) is -0.476. The van der Waals surface area contributed by atoms with Crippen LogP contribution in [0.5, 0.6) is 0 Å². The number of carbonyl (C=O) groups excluding carboxylic acids is 3. The lowest BCUT2D eigenvalue weighted by molar-refractivity contribution is -0.0271. The maximum atomic E-state index is 12.6. The van der Waals surface area contributed by atoms with Crippen LogP contribution >= 0.6 is 18.2 Å². The second-order valence-electron chi connectivity index (χ2n) is 5.87. The molecule has 12 nitrogen and oxygen atoms in total. The van der Waals surface area contributed by atoms with E-state index in [1.165, 1.54) is 0 Å². The van der Waals surface area contributed by atoms with Crippen molar-refractivity contribution < 1.29 is 56.4 Å². The molecule has 0 aromatic heterocycles. The summed E-state index contributed by atoms with van der Waals surface area (Å²) in [6.45, 7) is 4.00. The molecule has 0 bridgehead atoms. The van der Waals surface area contributed by atoms with Crippen LogP contribution in [0.4, 0.5) is 14.4 Å². The fourth-order valence-corrected chi connectivity index (χ4v) is 3.32. The Kier molecular flexibility index (Phi) is 13.5. The molecule has 29 heavy (non-hydrogen) atoms. The third-order valence-corrected chi connectivity index (χ3v) is 5.44. The van der Waals surface area contributed by atoms with E-state index in [4.69, 9.17) is 28.0 Å². The summed E-state index contributed by atoms with van der Waals surface area (Å²) in [5, 5.41) is 0. The molecule has 0 amide bonds. The predicted octanol–water partition coefficient (Wildman–Crippen LogP) is 4.42. The minimum atomic E-state index is -4.07. The van der Waals surface area contributed by atoms with Crippen LogP contribution in [0.15, 0.2) is 0 Å². The molecular weight excluding hydrogens is 435 g/mol. The highest BCUT2D eigenvalue weighted by atomic mass is 32.7. The zero-order valence-electron chi connectivity index (χ0n) is 17.1. The lowest BCUT2D eigenvalue weighted by Crippen LogP contribution is -2.16. The predicted molar refractivity (Wildman–Crippen MR) is 100 cm³/mol. The normalized spacial score (nSPS) is 11.3. The van der Waals surface area contributed by atoms with Crippen molar-refractivity contribution in [3.63, 3.8) is 0 Å². The Balaban J connectivity index is 4.62. The van der Waals surface area contributed by atoms with Crippen molar-refractivity contribution in [2.24, 2.45) is 0 Å². The molecule has 0 atom stereocenters. The molecule has 0 aliphatic rings. The van der Waals surface area contributed by atoms with Crippen molar-refractivity contribution in [1.82, 2.24) is 0 Å². The molecule has 0 aromatic carbocycles. The number of ether oxygens (including phenoxy) is 6. The molecule has 170 valence electrons. The van der Waals surface area contributed by atoms with Crippen LogP contribution in [0.2, 0.25) is 0 Å². The zero-order valence-corrected chi connectivity index (χ0v) is 18.8. The summed E-state index contributed by atoms with van der Waals surface area (Å²) in [4.78, 5) is 34.0. The monoisotopic (exact) mass is 462 g/mol. The van der Waals surface area contributed by atoms with E-state index in [0.717, 1.165) is 0 Å². The first-order valence-electron chi connectivity index (χ1n) is 8.47. The van der Waals surface area contributed by atoms with Crippen molar-refractivity contribution in [2.75, 3.05) is 19.5 Å². The second-order valence-corrected chi connectivity index (χ2v) is 9.89. The van der Waals surface area contributed by atoms with Gasteiger partial charge >= 0.3 is 25.3 Å². The topological polar surface area (TPSA) is 142 Å². The summed E-state index contributed by atoms with van der Waals surface area (Å²) < 4.78 is 50.6. The first-order valence-corrected chi connectivity index (χ1v) is 11.6. The smallest absolute Gasteiger partial charge is 0.432 e. The average Bonchev–Trinajstić information content (AvgIpc) is 2.52. The Morgan fingerprint density at radius 3 is 1.38 bits per heavy atom. The molecule has 0 aromatic rings. The molecular formula is C15H27O12PS. The number of hydrogen-bond acceptors (Lipinski definition) is 13. The third kappa shape index (κ3) is 15.9. The minimum absolute atomic E-state index is 0.410. The molecule has 0 N–H and O–H groups in total. The highest BCUT2D eigenvalue weighted by Gasteiger charge is 2.29. The van der Waals surface area contributed by atoms with Crippen LogP contribution in [0.1, 0.15) is 41.5 Å². The van der Waals surface area contributed by atoms with Gasteiger partial charge in [0.25, 0.3) is 0 Å². The van der Waals surface area contributed by atoms with E-state index in [1.807, 2.05) is 0 Å². The third-order valence-electron chi connectivity index (χ3n) is 2.16. The summed E-state index contributed by atoms with van der Waals surface area (Å²) in [6.07, 6.45) is -4.36. The van der Waals surface area contributed by atoms with E-state index in [2.05, 4.69) is 9.47 Å². The molecule has 0 saturated heterocycles. The van der Waals surface area contributed by atoms with Crippen molar-refractivity contribution >= 4 is 36.6 Å². The van der Waals surface area contributed by atoms with Crippen LogP contribution < -0.4 is 0 Å². The van der Waals surface area contributed by atoms with Crippen molar-refractivity contribution in [1.29, 1.82) is 0 Å². The quantitative estimate of drug-likeness (QED) is 0.175. The first kappa shape index (κ1) is 27.3. The Labute approximate surface area is 173 Å². The summed E-state index contributed by atoms with van der Waals surface area (Å²) in [7, 11) is 0. The molecule has 0 spiro atoms. The Hall–Kier alpha value is -1.69. The number of carbonyl (C=O) groups is 3. The van der Waals surface area contributed by atoms with Gasteiger partial charge in [-0.3, -0.25) is 9.05 Å². The fourth-order valence-electron chi connectivity index (χ4n) is 1.21. The molecule has 0 rings (SSSR count). The standard InChI is InChI=1S/C15H27O12PS/c1-10(2)25-13(16)20-7-23-28(19,24-8-21-14(17)26-11(3)4)29-9-22-15(18)27-12(5)6/h10-12H,7-9H2,1-6H3. The molecule has 0 saturated carbocycles. The van der Waals surface area contributed by atoms with Gasteiger partial charge in [-0.05, 0) is 41.5 Å². The Bertz CT molecular complexity index is 489. The van der Waals surface area contributed by atoms with Crippen LogP contribution in [0.25, 0.3) is 0 Å². The van der Waals surface area contributed by atoms with Crippen LogP contribution in [-0.4, -0.2) is 56.3 Å². The summed E-state index contributed by atoms with van der Waals surface area (Å²) >= 11 is 0.434. The van der Waals surface area contributed by atoms with E-state index in [-0.39, 0.29) is 0 Å². The van der Waals surface area contributed by atoms with Gasteiger partial charge in [-0.1, -0.05) is 0 Å². The van der Waals surface area contributed by atoms with Gasteiger partial charge in [0.15, 0.2) is 5.94 Å². The Morgan fingerprint density at radius 1 is 0.690 bits per heavy atom. The lowest BCUT2D eigenvalue weighted by Gasteiger charge is -2.18. The average molecular weight is 462 g/mol. The fraction of sp³-hybridized carbons (Fsp3) is 0.800. The van der Waals surface area contributed by atoms with Gasteiger partial charge in [-0.25, -0.2) is 18.9 Å². The zero-order chi connectivity index (χ0) is 22.4. The van der Waals surface area contributed by atoms with E-state index in [9.17, 15) is 18.9 Å². The summed E-state index contributed by atoms with van der Waals surface area (Å²) in [5.41, 5.74) is 0. The Morgan fingerprint density at radius 2 is 1.03 bits per heavy atom. The molecule has 0 radical (unpaired) electrons. The molecule has 0 heterocycles. The van der Waals surface area contributed by atoms with Gasteiger partial charge in [-0.15, -0.1) is 0 Å². The number of hydrogen-bond donors (Lipinski definition) is 0. The lowest BCUT2D eigenvalue weighted by atomic mass is 10.5. The van der Waals surface area contributed by atoms with Gasteiger partial charge in [0.1, 0.15) is 0 Å². The van der Waals surface area contributed by atoms with Gasteiger partial charge in [0.2, 0.25) is 13.6 Å². The minimum Gasteiger partial charge on any atom is -0.432 e. The molecule has 0 aliphatic heterocycles. The van der Waals surface area contributed by atoms with E-state index >= 15 is 0 Å². The highest BCUT2D eigenvalue weighted by Crippen LogP contribution is 2.60. The van der Waals surface area contributed by atoms with E-state index in [0.29, 0.717) is 11.4 Å². The molecule has 0 unspecified atom stereocenters. The SMILES string of the molecule is CC(C)OC(=O)OCOP(=O)(OCOC(=O)OC(C)C)SCOC(=O)OC(C)C. The maximum Gasteiger partial charge on any atom is 0.510 e. The number of rotatable bonds is 12. The van der Waals surface area contributed by atoms with Crippen LogP contribution in [0, 0.1) is 0 Å². The first-order chi connectivity index (χ1) is 13.4. The van der Waals surface area contributed by atoms with Crippen molar-refractivity contribution in [3.8, 4) is 0 Å². The van der Waals surface area contributed by atoms with Gasteiger partial charge < -0.3 is 28.4 Å². The second kappa shape index (κ2) is 14.3. The molecule has 14 heteroatoms. The largest absolute Gasteiger partial charge is 0.510 e. The van der Waals surface area contributed by atoms with Crippen molar-refractivity contribution in [2.45, 2.75) is 59.9 Å². The van der Waals surface area contributed by atoms with Gasteiger partial charge in [0, 0.05) is 11.4 Å². The van der Waals surface area contributed by atoms with Crippen LogP contribution in [0.3, 0.4) is 0 Å². The van der Waals surface area contributed by atoms with Gasteiger partial charge in [0.05, 0.1) is 18.3 Å². The van der Waals surface area contributed by atoms with Crippen LogP contribution in [-0.2, 0) is 42.0 Å². The maximum absolute atomic E-state index is 12.6. The highest BCUT2D eigenvalue weighted by molar-refractivity contribution is 8.55. The van der Waals surface area contributed by atoms with Gasteiger partial charge in [-0.2, -0.15) is 0 Å². The molecule has 0 fully saturated rings. The molecule has 0 aliphatic carbocycles. The van der Waals surface area contributed by atoms with E-state index < -0.39 is 63.1 Å². The summed E-state index contributed by atoms with van der Waals surface area (Å²) in [6, 6.07) is 0. The van der Waals surface area contributed by atoms with E-state index in [1.54, 1.807) is 41.5 Å².